The van der Waals surface area contributed by atoms with E-state index in [-0.39, 0.29) is 17.7 Å². The molecule has 31 heavy (non-hydrogen) atoms. The molecule has 166 valence electrons. The van der Waals surface area contributed by atoms with Crippen molar-refractivity contribution in [3.05, 3.63) is 57.4 Å². The molecule has 2 aromatic rings. The number of ether oxygens (including phenoxy) is 1. The Morgan fingerprint density at radius 2 is 1.71 bits per heavy atom. The molecule has 0 bridgehead atoms. The predicted molar refractivity (Wildman–Crippen MR) is 119 cm³/mol. The monoisotopic (exact) mass is 445 g/mol. The summed E-state index contributed by atoms with van der Waals surface area (Å²) in [6.07, 6.45) is 0. The lowest BCUT2D eigenvalue weighted by atomic mass is 10.0. The fraction of sp³-hybridized carbons (Fsp3) is 0.435. The first-order valence-corrected chi connectivity index (χ1v) is 10.8. The maximum atomic E-state index is 13.1. The number of carbonyl (C=O) groups excluding carboxylic acids is 3. The van der Waals surface area contributed by atoms with Crippen LogP contribution in [0.25, 0.3) is 0 Å². The molecule has 0 unspecified atom stereocenters. The molecule has 0 aliphatic carbocycles. The van der Waals surface area contributed by atoms with Gasteiger partial charge in [0, 0.05) is 42.5 Å². The van der Waals surface area contributed by atoms with E-state index in [1.165, 1.54) is 6.92 Å². The Bertz CT molecular complexity index is 975. The van der Waals surface area contributed by atoms with Crippen molar-refractivity contribution in [2.75, 3.05) is 32.8 Å². The van der Waals surface area contributed by atoms with Crippen LogP contribution in [-0.4, -0.2) is 65.2 Å². The lowest BCUT2D eigenvalue weighted by Crippen LogP contribution is -2.51. The van der Waals surface area contributed by atoms with E-state index in [4.69, 9.17) is 16.3 Å². The third-order valence-electron chi connectivity index (χ3n) is 5.67. The molecule has 1 aliphatic heterocycles. The number of halogens is 1. The van der Waals surface area contributed by atoms with Crippen molar-refractivity contribution >= 4 is 29.3 Å². The number of aromatic nitrogens is 1. The molecule has 1 aliphatic rings. The minimum absolute atomic E-state index is 0.0598. The largest absolute Gasteiger partial charge is 0.465 e. The van der Waals surface area contributed by atoms with Crippen LogP contribution in [0.15, 0.2) is 24.3 Å². The highest BCUT2D eigenvalue weighted by atomic mass is 35.5. The zero-order chi connectivity index (χ0) is 22.7. The molecule has 1 saturated heterocycles. The van der Waals surface area contributed by atoms with Crippen LogP contribution in [0.1, 0.15) is 57.6 Å². The van der Waals surface area contributed by atoms with Crippen LogP contribution < -0.4 is 0 Å². The van der Waals surface area contributed by atoms with E-state index in [0.29, 0.717) is 60.3 Å². The predicted octanol–water partition coefficient (Wildman–Crippen LogP) is 3.55. The molecule has 2 heterocycles. The topological polar surface area (TPSA) is 82.7 Å². The maximum Gasteiger partial charge on any atom is 0.328 e. The van der Waals surface area contributed by atoms with Crippen molar-refractivity contribution in [1.82, 2.24) is 14.8 Å². The molecule has 0 radical (unpaired) electrons. The normalized spacial score (nSPS) is 15.6. The standard InChI is InChI=1S/C23H28ClN3O4/c1-5-31-23(30)21(17-6-8-18(24)9-7-17)26-10-12-27(13-11-26)22(29)20-14(2)19(16(4)28)15(3)25-20/h6-9,21,25H,5,10-13H2,1-4H3/t21-/m1/s1. The van der Waals surface area contributed by atoms with Crippen LogP contribution in [-0.2, 0) is 9.53 Å². The average molecular weight is 446 g/mol. The molecule has 1 fully saturated rings. The summed E-state index contributed by atoms with van der Waals surface area (Å²) in [5, 5.41) is 0.600. The van der Waals surface area contributed by atoms with E-state index in [1.54, 1.807) is 37.8 Å². The van der Waals surface area contributed by atoms with Gasteiger partial charge in [-0.3, -0.25) is 14.5 Å². The van der Waals surface area contributed by atoms with Gasteiger partial charge in [-0.15, -0.1) is 0 Å². The van der Waals surface area contributed by atoms with Crippen molar-refractivity contribution < 1.29 is 19.1 Å². The van der Waals surface area contributed by atoms with Gasteiger partial charge in [0.2, 0.25) is 0 Å². The molecule has 1 atom stereocenters. The van der Waals surface area contributed by atoms with Crippen LogP contribution in [0.2, 0.25) is 5.02 Å². The van der Waals surface area contributed by atoms with Crippen molar-refractivity contribution in [1.29, 1.82) is 0 Å². The molecule has 1 aromatic heterocycles. The molecule has 1 amide bonds. The number of hydrogen-bond donors (Lipinski definition) is 1. The van der Waals surface area contributed by atoms with Gasteiger partial charge in [0.05, 0.1) is 6.61 Å². The molecular formula is C23H28ClN3O4. The number of piperazine rings is 1. The van der Waals surface area contributed by atoms with Gasteiger partial charge in [-0.1, -0.05) is 23.7 Å². The maximum absolute atomic E-state index is 13.1. The van der Waals surface area contributed by atoms with E-state index in [9.17, 15) is 14.4 Å². The summed E-state index contributed by atoms with van der Waals surface area (Å²) in [6.45, 7) is 9.16. The Morgan fingerprint density at radius 1 is 1.10 bits per heavy atom. The number of ketones is 1. The molecule has 0 spiro atoms. The second kappa shape index (κ2) is 9.66. The second-order valence-corrected chi connectivity index (χ2v) is 8.15. The van der Waals surface area contributed by atoms with Crippen LogP contribution in [0.3, 0.4) is 0 Å². The summed E-state index contributed by atoms with van der Waals surface area (Å²) in [5.41, 5.74) is 3.23. The number of esters is 1. The Balaban J connectivity index is 1.75. The highest BCUT2D eigenvalue weighted by molar-refractivity contribution is 6.30. The number of rotatable bonds is 6. The fourth-order valence-electron chi connectivity index (χ4n) is 4.20. The molecule has 1 N–H and O–H groups in total. The SMILES string of the molecule is CCOC(=O)[C@@H](c1ccc(Cl)cc1)N1CCN(C(=O)c2[nH]c(C)c(C(C)=O)c2C)CC1. The van der Waals surface area contributed by atoms with Gasteiger partial charge in [-0.2, -0.15) is 0 Å². The van der Waals surface area contributed by atoms with Gasteiger partial charge in [-0.25, -0.2) is 4.79 Å². The molecular weight excluding hydrogens is 418 g/mol. The Morgan fingerprint density at radius 3 is 2.23 bits per heavy atom. The first kappa shape index (κ1) is 23.0. The van der Waals surface area contributed by atoms with Crippen LogP contribution in [0.4, 0.5) is 0 Å². The Kier molecular flexibility index (Phi) is 7.18. The number of aromatic amines is 1. The van der Waals surface area contributed by atoms with Crippen LogP contribution in [0, 0.1) is 13.8 Å². The first-order chi connectivity index (χ1) is 14.7. The minimum atomic E-state index is -0.548. The number of hydrogen-bond acceptors (Lipinski definition) is 5. The number of Topliss-reactive ketones (excluding diaryl/α,β-unsaturated/α-hetero) is 1. The fourth-order valence-corrected chi connectivity index (χ4v) is 4.32. The quantitative estimate of drug-likeness (QED) is 0.543. The lowest BCUT2D eigenvalue weighted by Gasteiger charge is -2.38. The van der Waals surface area contributed by atoms with Crippen LogP contribution >= 0.6 is 11.6 Å². The van der Waals surface area contributed by atoms with Crippen molar-refractivity contribution in [2.45, 2.75) is 33.7 Å². The van der Waals surface area contributed by atoms with Crippen LogP contribution in [0.5, 0.6) is 0 Å². The number of amides is 1. The van der Waals surface area contributed by atoms with Gasteiger partial charge in [-0.05, 0) is 51.0 Å². The van der Waals surface area contributed by atoms with Gasteiger partial charge >= 0.3 is 5.97 Å². The molecule has 7 nitrogen and oxygen atoms in total. The Hall–Kier alpha value is -2.64. The number of benzene rings is 1. The van der Waals surface area contributed by atoms with Crippen molar-refractivity contribution in [3.63, 3.8) is 0 Å². The molecule has 8 heteroatoms. The molecule has 3 rings (SSSR count). The highest BCUT2D eigenvalue weighted by Crippen LogP contribution is 2.26. The van der Waals surface area contributed by atoms with E-state index in [1.807, 2.05) is 17.0 Å². The summed E-state index contributed by atoms with van der Waals surface area (Å²) in [7, 11) is 0. The summed E-state index contributed by atoms with van der Waals surface area (Å²) in [6, 6.07) is 6.62. The Labute approximate surface area is 187 Å². The summed E-state index contributed by atoms with van der Waals surface area (Å²) >= 11 is 6.00. The lowest BCUT2D eigenvalue weighted by molar-refractivity contribution is -0.150. The average Bonchev–Trinajstić information content (AvgIpc) is 3.04. The van der Waals surface area contributed by atoms with E-state index < -0.39 is 6.04 Å². The second-order valence-electron chi connectivity index (χ2n) is 7.72. The van der Waals surface area contributed by atoms with E-state index >= 15 is 0 Å². The van der Waals surface area contributed by atoms with Gasteiger partial charge in [0.15, 0.2) is 5.78 Å². The number of aryl methyl sites for hydroxylation is 1. The van der Waals surface area contributed by atoms with Gasteiger partial charge < -0.3 is 14.6 Å². The zero-order valence-corrected chi connectivity index (χ0v) is 19.1. The number of carbonyl (C=O) groups is 3. The highest BCUT2D eigenvalue weighted by Gasteiger charge is 2.33. The van der Waals surface area contributed by atoms with Crippen molar-refractivity contribution in [2.24, 2.45) is 0 Å². The summed E-state index contributed by atoms with van der Waals surface area (Å²) in [5.74, 6) is -0.506. The smallest absolute Gasteiger partial charge is 0.328 e. The third kappa shape index (κ3) is 4.83. The van der Waals surface area contributed by atoms with E-state index in [0.717, 1.165) is 5.56 Å². The first-order valence-electron chi connectivity index (χ1n) is 10.4. The number of H-pyrrole nitrogens is 1. The van der Waals surface area contributed by atoms with Gasteiger partial charge in [0.25, 0.3) is 5.91 Å². The third-order valence-corrected chi connectivity index (χ3v) is 5.92. The van der Waals surface area contributed by atoms with Crippen molar-refractivity contribution in [3.8, 4) is 0 Å². The van der Waals surface area contributed by atoms with E-state index in [2.05, 4.69) is 4.98 Å². The summed E-state index contributed by atoms with van der Waals surface area (Å²) < 4.78 is 5.31. The number of nitrogens with zero attached hydrogens (tertiary/aromatic N) is 2. The number of nitrogens with one attached hydrogen (secondary N) is 1. The minimum Gasteiger partial charge on any atom is -0.465 e. The molecule has 0 saturated carbocycles. The summed E-state index contributed by atoms with van der Waals surface area (Å²) in [4.78, 5) is 44.5. The van der Waals surface area contributed by atoms with Gasteiger partial charge in [0.1, 0.15) is 11.7 Å². The zero-order valence-electron chi connectivity index (χ0n) is 18.3. The molecule has 1 aromatic carbocycles.